The van der Waals surface area contributed by atoms with E-state index < -0.39 is 9.84 Å². The minimum atomic E-state index is -3.56. The predicted molar refractivity (Wildman–Crippen MR) is 61.4 cm³/mol. The molecular weight excluding hydrogens is 234 g/mol. The number of aryl methyl sites for hydroxylation is 1. The molecule has 0 aliphatic carbocycles. The summed E-state index contributed by atoms with van der Waals surface area (Å²) in [4.78, 5) is 3.77. The first-order valence-electron chi connectivity index (χ1n) is 4.27. The topological polar surface area (TPSA) is 46.5 Å². The zero-order valence-electron chi connectivity index (χ0n) is 7.94. The van der Waals surface area contributed by atoms with Crippen LogP contribution in [0.3, 0.4) is 0 Å². The van der Waals surface area contributed by atoms with Crippen LogP contribution >= 0.6 is 11.6 Å². The third-order valence-corrected chi connectivity index (χ3v) is 4.27. The molecule has 1 aliphatic rings. The molecule has 0 fully saturated rings. The van der Waals surface area contributed by atoms with E-state index in [0.717, 1.165) is 5.56 Å². The first-order valence-corrected chi connectivity index (χ1v) is 6.13. The Morgan fingerprint density at radius 3 is 2.60 bits per heavy atom. The highest BCUT2D eigenvalue weighted by molar-refractivity contribution is 8.17. The van der Waals surface area contributed by atoms with Crippen LogP contribution in [0.1, 0.15) is 11.1 Å². The van der Waals surface area contributed by atoms with E-state index in [0.29, 0.717) is 5.56 Å². The van der Waals surface area contributed by atoms with E-state index in [-0.39, 0.29) is 9.41 Å². The summed E-state index contributed by atoms with van der Waals surface area (Å²) < 4.78 is 23.0. The maximum absolute atomic E-state index is 11.7. The third kappa shape index (κ3) is 1.70. The second-order valence-electron chi connectivity index (χ2n) is 3.25. The van der Waals surface area contributed by atoms with E-state index in [9.17, 15) is 8.42 Å². The summed E-state index contributed by atoms with van der Waals surface area (Å²) in [6.07, 6.45) is 1.28. The Kier molecular flexibility index (Phi) is 2.40. The first-order chi connectivity index (χ1) is 7.01. The SMILES string of the molecule is Cc1cccc(C2=CN=C(Cl)S2(=O)=O)c1. The second kappa shape index (κ2) is 3.47. The van der Waals surface area contributed by atoms with Crippen LogP contribution in [0, 0.1) is 6.92 Å². The monoisotopic (exact) mass is 241 g/mol. The van der Waals surface area contributed by atoms with Crippen molar-refractivity contribution in [1.29, 1.82) is 0 Å². The number of hydrogen-bond donors (Lipinski definition) is 0. The Balaban J connectivity index is 2.54. The molecule has 0 saturated carbocycles. The van der Waals surface area contributed by atoms with Gasteiger partial charge in [-0.15, -0.1) is 0 Å². The number of hydrogen-bond acceptors (Lipinski definition) is 3. The predicted octanol–water partition coefficient (Wildman–Crippen LogP) is 2.32. The molecule has 0 radical (unpaired) electrons. The van der Waals surface area contributed by atoms with Gasteiger partial charge in [0.1, 0.15) is 0 Å². The van der Waals surface area contributed by atoms with Crippen molar-refractivity contribution in [3.8, 4) is 0 Å². The van der Waals surface area contributed by atoms with Crippen LogP contribution in [0.5, 0.6) is 0 Å². The minimum absolute atomic E-state index is 0.163. The maximum Gasteiger partial charge on any atom is 0.237 e. The second-order valence-corrected chi connectivity index (χ2v) is 5.66. The molecule has 0 atom stereocenters. The maximum atomic E-state index is 11.7. The van der Waals surface area contributed by atoms with Gasteiger partial charge in [-0.2, -0.15) is 0 Å². The number of halogens is 1. The lowest BCUT2D eigenvalue weighted by atomic mass is 10.1. The van der Waals surface area contributed by atoms with Crippen molar-refractivity contribution in [2.24, 2.45) is 4.99 Å². The molecule has 2 rings (SSSR count). The summed E-state index contributed by atoms with van der Waals surface area (Å²) in [7, 11) is -3.56. The highest BCUT2D eigenvalue weighted by Crippen LogP contribution is 2.29. The summed E-state index contributed by atoms with van der Waals surface area (Å²) in [5.74, 6) is 0. The standard InChI is InChI=1S/C10H8ClNO2S/c1-7-3-2-4-8(5-7)9-6-12-10(11)15(9,13)14/h2-6H,1H3. The van der Waals surface area contributed by atoms with Gasteiger partial charge in [-0.05, 0) is 24.1 Å². The van der Waals surface area contributed by atoms with Gasteiger partial charge in [-0.1, -0.05) is 29.8 Å². The molecular formula is C10H8ClNO2S. The fraction of sp³-hybridized carbons (Fsp3) is 0.100. The zero-order chi connectivity index (χ0) is 11.1. The van der Waals surface area contributed by atoms with Crippen molar-refractivity contribution in [3.63, 3.8) is 0 Å². The van der Waals surface area contributed by atoms with Crippen LogP contribution in [-0.4, -0.2) is 12.9 Å². The number of nitrogens with zero attached hydrogens (tertiary/aromatic N) is 1. The zero-order valence-corrected chi connectivity index (χ0v) is 9.51. The quantitative estimate of drug-likeness (QED) is 0.758. The largest absolute Gasteiger partial charge is 0.237 e. The Morgan fingerprint density at radius 2 is 2.07 bits per heavy atom. The van der Waals surface area contributed by atoms with Gasteiger partial charge in [0, 0.05) is 6.20 Å². The lowest BCUT2D eigenvalue weighted by molar-refractivity contribution is 0.617. The van der Waals surface area contributed by atoms with Crippen molar-refractivity contribution < 1.29 is 8.42 Å². The molecule has 0 aromatic heterocycles. The molecule has 5 heteroatoms. The van der Waals surface area contributed by atoms with Gasteiger partial charge in [0.25, 0.3) is 0 Å². The molecule has 15 heavy (non-hydrogen) atoms. The number of sulfone groups is 1. The molecule has 0 spiro atoms. The van der Waals surface area contributed by atoms with E-state index in [1.807, 2.05) is 13.0 Å². The Hall–Kier alpha value is -1.13. The summed E-state index contributed by atoms with van der Waals surface area (Å²) >= 11 is 5.50. The fourth-order valence-electron chi connectivity index (χ4n) is 1.37. The van der Waals surface area contributed by atoms with E-state index in [1.54, 1.807) is 18.2 Å². The highest BCUT2D eigenvalue weighted by atomic mass is 35.5. The smallest absolute Gasteiger partial charge is 0.232 e. The van der Waals surface area contributed by atoms with E-state index in [4.69, 9.17) is 11.6 Å². The van der Waals surface area contributed by atoms with Crippen LogP contribution in [0.2, 0.25) is 0 Å². The first kappa shape index (κ1) is 10.4. The molecule has 1 aromatic carbocycles. The Morgan fingerprint density at radius 1 is 1.33 bits per heavy atom. The summed E-state index contributed by atoms with van der Waals surface area (Å²) in [5, 5.41) is 0. The van der Waals surface area contributed by atoms with E-state index >= 15 is 0 Å². The van der Waals surface area contributed by atoms with Gasteiger partial charge in [0.15, 0.2) is 0 Å². The van der Waals surface area contributed by atoms with Crippen LogP contribution in [-0.2, 0) is 9.84 Å². The van der Waals surface area contributed by atoms with Crippen molar-refractivity contribution in [2.45, 2.75) is 6.92 Å². The van der Waals surface area contributed by atoms with Crippen molar-refractivity contribution in [1.82, 2.24) is 0 Å². The van der Waals surface area contributed by atoms with Gasteiger partial charge < -0.3 is 0 Å². The van der Waals surface area contributed by atoms with Crippen molar-refractivity contribution >= 4 is 30.8 Å². The minimum Gasteiger partial charge on any atom is -0.232 e. The van der Waals surface area contributed by atoms with Crippen LogP contribution in [0.4, 0.5) is 0 Å². The molecule has 1 aromatic rings. The molecule has 3 nitrogen and oxygen atoms in total. The van der Waals surface area contributed by atoms with Crippen LogP contribution in [0.25, 0.3) is 4.91 Å². The third-order valence-electron chi connectivity index (χ3n) is 2.10. The number of benzene rings is 1. The molecule has 0 unspecified atom stereocenters. The van der Waals surface area contributed by atoms with Crippen LogP contribution in [0.15, 0.2) is 35.5 Å². The summed E-state index contributed by atoms with van der Waals surface area (Å²) in [6, 6.07) is 7.21. The number of aliphatic imine (C=N–C) groups is 1. The number of rotatable bonds is 1. The molecule has 0 amide bonds. The Bertz CT molecular complexity index is 573. The average Bonchev–Trinajstić information content (AvgIpc) is 2.42. The van der Waals surface area contributed by atoms with Crippen molar-refractivity contribution in [2.75, 3.05) is 0 Å². The normalized spacial score (nSPS) is 18.5. The van der Waals surface area contributed by atoms with Gasteiger partial charge in [0.05, 0.1) is 4.91 Å². The van der Waals surface area contributed by atoms with E-state index in [2.05, 4.69) is 4.99 Å². The molecule has 78 valence electrons. The highest BCUT2D eigenvalue weighted by Gasteiger charge is 2.29. The molecule has 0 bridgehead atoms. The fourth-order valence-corrected chi connectivity index (χ4v) is 2.67. The van der Waals surface area contributed by atoms with Gasteiger partial charge >= 0.3 is 0 Å². The molecule has 1 aliphatic heterocycles. The molecule has 0 N–H and O–H groups in total. The summed E-state index contributed by atoms with van der Waals surface area (Å²) in [6.45, 7) is 1.90. The average molecular weight is 242 g/mol. The van der Waals surface area contributed by atoms with Gasteiger partial charge in [-0.3, -0.25) is 0 Å². The molecule has 1 heterocycles. The van der Waals surface area contributed by atoms with Crippen LogP contribution < -0.4 is 0 Å². The Labute approximate surface area is 93.0 Å². The van der Waals surface area contributed by atoms with Gasteiger partial charge in [0.2, 0.25) is 14.3 Å². The molecule has 0 saturated heterocycles. The summed E-state index contributed by atoms with van der Waals surface area (Å²) in [5.41, 5.74) is 1.61. The lowest BCUT2D eigenvalue weighted by Crippen LogP contribution is -2.06. The van der Waals surface area contributed by atoms with Gasteiger partial charge in [-0.25, -0.2) is 13.4 Å². The van der Waals surface area contributed by atoms with E-state index in [1.165, 1.54) is 6.20 Å². The van der Waals surface area contributed by atoms with Crippen molar-refractivity contribution in [3.05, 3.63) is 41.6 Å². The lowest BCUT2D eigenvalue weighted by Gasteiger charge is -2.02.